The van der Waals surface area contributed by atoms with E-state index in [2.05, 4.69) is 10.6 Å². The standard InChI is InChI=1S/C20H23ClN2O3/c1-4-15-7-5-6-8-17(15)23-18(24)11-22-19(25)12-26-20-13(2)9-16(21)10-14(20)3/h5-10H,4,11-12H2,1-3H3,(H,22,25)(H,23,24). The first kappa shape index (κ1) is 19.8. The van der Waals surface area contributed by atoms with E-state index >= 15 is 0 Å². The van der Waals surface area contributed by atoms with Crippen LogP contribution in [0.1, 0.15) is 23.6 Å². The molecule has 0 spiro atoms. The first-order chi connectivity index (χ1) is 12.4. The second kappa shape index (κ2) is 9.25. The minimum absolute atomic E-state index is 0.112. The van der Waals surface area contributed by atoms with Crippen LogP contribution in [-0.2, 0) is 16.0 Å². The van der Waals surface area contributed by atoms with Crippen molar-refractivity contribution in [3.05, 3.63) is 58.1 Å². The van der Waals surface area contributed by atoms with Crippen LogP contribution in [0.5, 0.6) is 5.75 Å². The number of hydrogen-bond donors (Lipinski definition) is 2. The fraction of sp³-hybridized carbons (Fsp3) is 0.300. The monoisotopic (exact) mass is 374 g/mol. The van der Waals surface area contributed by atoms with Gasteiger partial charge < -0.3 is 15.4 Å². The summed E-state index contributed by atoms with van der Waals surface area (Å²) in [5, 5.41) is 5.99. The van der Waals surface area contributed by atoms with Crippen molar-refractivity contribution in [3.8, 4) is 5.75 Å². The van der Waals surface area contributed by atoms with Gasteiger partial charge in [-0.25, -0.2) is 0 Å². The van der Waals surface area contributed by atoms with Crippen LogP contribution in [0, 0.1) is 13.8 Å². The summed E-state index contributed by atoms with van der Waals surface area (Å²) in [5.74, 6) is -0.0124. The summed E-state index contributed by atoms with van der Waals surface area (Å²) in [6.45, 7) is 5.47. The molecule has 0 aliphatic heterocycles. The minimum atomic E-state index is -0.363. The highest BCUT2D eigenvalue weighted by Crippen LogP contribution is 2.26. The summed E-state index contributed by atoms with van der Waals surface area (Å²) in [6.07, 6.45) is 0.816. The number of benzene rings is 2. The Morgan fingerprint density at radius 1 is 1.08 bits per heavy atom. The Labute approximate surface area is 158 Å². The van der Waals surface area contributed by atoms with Crippen LogP contribution in [0.2, 0.25) is 5.02 Å². The van der Waals surface area contributed by atoms with Crippen LogP contribution in [-0.4, -0.2) is 25.0 Å². The molecule has 0 aromatic heterocycles. The average Bonchev–Trinajstić information content (AvgIpc) is 2.59. The first-order valence-corrected chi connectivity index (χ1v) is 8.82. The summed E-state index contributed by atoms with van der Waals surface area (Å²) in [4.78, 5) is 24.0. The summed E-state index contributed by atoms with van der Waals surface area (Å²) in [7, 11) is 0. The highest BCUT2D eigenvalue weighted by molar-refractivity contribution is 6.30. The third kappa shape index (κ3) is 5.49. The predicted molar refractivity (Wildman–Crippen MR) is 104 cm³/mol. The van der Waals surface area contributed by atoms with Crippen LogP contribution < -0.4 is 15.4 Å². The van der Waals surface area contributed by atoms with Gasteiger partial charge in [0.1, 0.15) is 5.75 Å². The SMILES string of the molecule is CCc1ccccc1NC(=O)CNC(=O)COc1c(C)cc(Cl)cc1C. The number of nitrogens with one attached hydrogen (secondary N) is 2. The van der Waals surface area contributed by atoms with Gasteiger partial charge in [-0.3, -0.25) is 9.59 Å². The molecule has 0 saturated heterocycles. The number of halogens is 1. The molecule has 0 bridgehead atoms. The smallest absolute Gasteiger partial charge is 0.258 e. The Balaban J connectivity index is 1.82. The van der Waals surface area contributed by atoms with Crippen molar-refractivity contribution >= 4 is 29.1 Å². The fourth-order valence-electron chi connectivity index (χ4n) is 2.64. The molecule has 0 saturated carbocycles. The number of aryl methyl sites for hydroxylation is 3. The number of hydrogen-bond acceptors (Lipinski definition) is 3. The molecule has 2 rings (SSSR count). The highest BCUT2D eigenvalue weighted by atomic mass is 35.5. The number of amides is 2. The Kier molecular flexibility index (Phi) is 7.04. The van der Waals surface area contributed by atoms with Gasteiger partial charge in [-0.15, -0.1) is 0 Å². The number of carbonyl (C=O) groups is 2. The molecule has 0 aliphatic carbocycles. The van der Waals surface area contributed by atoms with E-state index in [9.17, 15) is 9.59 Å². The molecular formula is C20H23ClN2O3. The van der Waals surface area contributed by atoms with Crippen molar-refractivity contribution in [1.29, 1.82) is 0 Å². The van der Waals surface area contributed by atoms with E-state index in [-0.39, 0.29) is 25.0 Å². The van der Waals surface area contributed by atoms with Crippen LogP contribution in [0.3, 0.4) is 0 Å². The molecule has 2 amide bonds. The van der Waals surface area contributed by atoms with E-state index in [1.165, 1.54) is 0 Å². The van der Waals surface area contributed by atoms with Crippen molar-refractivity contribution in [2.24, 2.45) is 0 Å². The average molecular weight is 375 g/mol. The van der Waals surface area contributed by atoms with Gasteiger partial charge in [-0.2, -0.15) is 0 Å². The Morgan fingerprint density at radius 2 is 1.73 bits per heavy atom. The highest BCUT2D eigenvalue weighted by Gasteiger charge is 2.11. The molecule has 6 heteroatoms. The minimum Gasteiger partial charge on any atom is -0.483 e. The zero-order valence-electron chi connectivity index (χ0n) is 15.2. The van der Waals surface area contributed by atoms with Gasteiger partial charge in [0, 0.05) is 10.7 Å². The number of ether oxygens (including phenoxy) is 1. The van der Waals surface area contributed by atoms with E-state index in [0.717, 1.165) is 28.8 Å². The Hall–Kier alpha value is -2.53. The molecular weight excluding hydrogens is 352 g/mol. The van der Waals surface area contributed by atoms with Gasteiger partial charge in [-0.05, 0) is 55.2 Å². The quantitative estimate of drug-likeness (QED) is 0.777. The summed E-state index contributed by atoms with van der Waals surface area (Å²) < 4.78 is 5.57. The zero-order chi connectivity index (χ0) is 19.1. The topological polar surface area (TPSA) is 67.4 Å². The molecule has 5 nitrogen and oxygen atoms in total. The summed E-state index contributed by atoms with van der Waals surface area (Å²) >= 11 is 5.98. The molecule has 2 N–H and O–H groups in total. The summed E-state index contributed by atoms with van der Waals surface area (Å²) in [5.41, 5.74) is 3.52. The van der Waals surface area contributed by atoms with Crippen molar-refractivity contribution in [2.45, 2.75) is 27.2 Å². The molecule has 0 fully saturated rings. The van der Waals surface area contributed by atoms with Crippen molar-refractivity contribution < 1.29 is 14.3 Å². The Morgan fingerprint density at radius 3 is 2.38 bits per heavy atom. The lowest BCUT2D eigenvalue weighted by Gasteiger charge is -2.13. The van der Waals surface area contributed by atoms with Crippen LogP contribution in [0.25, 0.3) is 0 Å². The molecule has 2 aromatic carbocycles. The second-order valence-corrected chi connectivity index (χ2v) is 6.43. The molecule has 26 heavy (non-hydrogen) atoms. The lowest BCUT2D eigenvalue weighted by atomic mass is 10.1. The normalized spacial score (nSPS) is 10.3. The van der Waals surface area contributed by atoms with Gasteiger partial charge >= 0.3 is 0 Å². The second-order valence-electron chi connectivity index (χ2n) is 5.99. The van der Waals surface area contributed by atoms with E-state index in [4.69, 9.17) is 16.3 Å². The number of para-hydroxylation sites is 1. The predicted octanol–water partition coefficient (Wildman–Crippen LogP) is 3.65. The van der Waals surface area contributed by atoms with Gasteiger partial charge in [0.15, 0.2) is 6.61 Å². The fourth-order valence-corrected chi connectivity index (χ4v) is 2.96. The molecule has 2 aromatic rings. The van der Waals surface area contributed by atoms with Gasteiger partial charge in [-0.1, -0.05) is 36.7 Å². The largest absolute Gasteiger partial charge is 0.483 e. The van der Waals surface area contributed by atoms with Gasteiger partial charge in [0.05, 0.1) is 6.54 Å². The van der Waals surface area contributed by atoms with E-state index in [1.807, 2.05) is 45.0 Å². The maximum absolute atomic E-state index is 12.0. The third-order valence-electron chi connectivity index (χ3n) is 3.89. The number of anilines is 1. The third-order valence-corrected chi connectivity index (χ3v) is 4.11. The molecule has 138 valence electrons. The van der Waals surface area contributed by atoms with E-state index in [1.54, 1.807) is 12.1 Å². The van der Waals surface area contributed by atoms with Crippen molar-refractivity contribution in [2.75, 3.05) is 18.5 Å². The van der Waals surface area contributed by atoms with Crippen molar-refractivity contribution in [3.63, 3.8) is 0 Å². The molecule has 0 atom stereocenters. The molecule has 0 heterocycles. The summed E-state index contributed by atoms with van der Waals surface area (Å²) in [6, 6.07) is 11.1. The lowest BCUT2D eigenvalue weighted by molar-refractivity contribution is -0.125. The lowest BCUT2D eigenvalue weighted by Crippen LogP contribution is -2.36. The van der Waals surface area contributed by atoms with Gasteiger partial charge in [0.25, 0.3) is 5.91 Å². The van der Waals surface area contributed by atoms with Crippen molar-refractivity contribution in [1.82, 2.24) is 5.32 Å². The molecule has 0 radical (unpaired) electrons. The zero-order valence-corrected chi connectivity index (χ0v) is 15.9. The van der Waals surface area contributed by atoms with Gasteiger partial charge in [0.2, 0.25) is 5.91 Å². The number of rotatable bonds is 7. The van der Waals surface area contributed by atoms with Crippen LogP contribution >= 0.6 is 11.6 Å². The first-order valence-electron chi connectivity index (χ1n) is 8.44. The van der Waals surface area contributed by atoms with Crippen LogP contribution in [0.15, 0.2) is 36.4 Å². The van der Waals surface area contributed by atoms with Crippen LogP contribution in [0.4, 0.5) is 5.69 Å². The maximum atomic E-state index is 12.0. The maximum Gasteiger partial charge on any atom is 0.258 e. The van der Waals surface area contributed by atoms with E-state index in [0.29, 0.717) is 10.8 Å². The molecule has 0 aliphatic rings. The molecule has 0 unspecified atom stereocenters. The Bertz CT molecular complexity index is 782. The van der Waals surface area contributed by atoms with E-state index < -0.39 is 0 Å². The number of carbonyl (C=O) groups excluding carboxylic acids is 2.